The second-order valence-corrected chi connectivity index (χ2v) is 5.80. The van der Waals surface area contributed by atoms with Gasteiger partial charge in [0, 0.05) is 5.54 Å². The van der Waals surface area contributed by atoms with Crippen molar-refractivity contribution in [3.05, 3.63) is 30.1 Å². The predicted octanol–water partition coefficient (Wildman–Crippen LogP) is 2.69. The van der Waals surface area contributed by atoms with Crippen molar-refractivity contribution >= 4 is 28.5 Å². The van der Waals surface area contributed by atoms with E-state index in [2.05, 4.69) is 10.3 Å². The summed E-state index contributed by atoms with van der Waals surface area (Å²) < 4.78 is 1.86. The summed E-state index contributed by atoms with van der Waals surface area (Å²) in [5, 5.41) is 2.94. The summed E-state index contributed by atoms with van der Waals surface area (Å²) in [5.41, 5.74) is 1.55. The number of aromatic nitrogens is 2. The lowest BCUT2D eigenvalue weighted by Crippen LogP contribution is -2.42. The van der Waals surface area contributed by atoms with Crippen LogP contribution in [0.1, 0.15) is 26.6 Å². The van der Waals surface area contributed by atoms with Crippen LogP contribution in [0.5, 0.6) is 0 Å². The van der Waals surface area contributed by atoms with Crippen LogP contribution in [0.4, 0.5) is 0 Å². The van der Waals surface area contributed by atoms with Gasteiger partial charge in [-0.1, -0.05) is 12.1 Å². The molecular formula is C14H18ClN3O. The minimum Gasteiger partial charge on any atom is -0.350 e. The highest BCUT2D eigenvalue weighted by Gasteiger charge is 2.17. The van der Waals surface area contributed by atoms with Gasteiger partial charge < -0.3 is 9.88 Å². The lowest BCUT2D eigenvalue weighted by molar-refractivity contribution is -0.123. The third-order valence-electron chi connectivity index (χ3n) is 2.67. The summed E-state index contributed by atoms with van der Waals surface area (Å²) in [6.45, 7) is 6.11. The van der Waals surface area contributed by atoms with Gasteiger partial charge in [0.05, 0.1) is 16.9 Å². The maximum absolute atomic E-state index is 12.0. The van der Waals surface area contributed by atoms with E-state index in [1.54, 1.807) is 0 Å². The quantitative estimate of drug-likeness (QED) is 0.878. The number of rotatable bonds is 3. The minimum absolute atomic E-state index is 0.0398. The summed E-state index contributed by atoms with van der Waals surface area (Å²) in [5.74, 6) is 0.964. The second-order valence-electron chi connectivity index (χ2n) is 5.53. The Kier molecular flexibility index (Phi) is 3.80. The van der Waals surface area contributed by atoms with Crippen molar-refractivity contribution in [2.24, 2.45) is 0 Å². The molecule has 0 saturated heterocycles. The number of para-hydroxylation sites is 2. The summed E-state index contributed by atoms with van der Waals surface area (Å²) in [6, 6.07) is 7.72. The first kappa shape index (κ1) is 13.9. The van der Waals surface area contributed by atoms with Crippen LogP contribution in [-0.2, 0) is 17.2 Å². The van der Waals surface area contributed by atoms with Gasteiger partial charge in [-0.25, -0.2) is 4.98 Å². The van der Waals surface area contributed by atoms with Crippen molar-refractivity contribution in [3.63, 3.8) is 0 Å². The molecule has 1 aromatic carbocycles. The van der Waals surface area contributed by atoms with Crippen LogP contribution in [0, 0.1) is 0 Å². The molecule has 1 amide bonds. The lowest BCUT2D eigenvalue weighted by atomic mass is 10.1. The molecule has 0 saturated carbocycles. The third kappa shape index (κ3) is 3.26. The lowest BCUT2D eigenvalue weighted by Gasteiger charge is -2.21. The molecule has 19 heavy (non-hydrogen) atoms. The zero-order valence-corrected chi connectivity index (χ0v) is 12.2. The number of hydrogen-bond donors (Lipinski definition) is 1. The van der Waals surface area contributed by atoms with Crippen LogP contribution < -0.4 is 5.32 Å². The number of carbonyl (C=O) groups excluding carboxylic acids is 1. The topological polar surface area (TPSA) is 46.9 Å². The normalized spacial score (nSPS) is 11.8. The van der Waals surface area contributed by atoms with Gasteiger partial charge in [0.1, 0.15) is 12.4 Å². The average Bonchev–Trinajstić information content (AvgIpc) is 2.65. The Labute approximate surface area is 117 Å². The number of amides is 1. The van der Waals surface area contributed by atoms with E-state index in [0.717, 1.165) is 11.0 Å². The summed E-state index contributed by atoms with van der Waals surface area (Å²) in [6.07, 6.45) is 0. The summed E-state index contributed by atoms with van der Waals surface area (Å²) in [7, 11) is 0. The molecule has 0 bridgehead atoms. The van der Waals surface area contributed by atoms with E-state index in [1.807, 2.05) is 49.6 Å². The fraction of sp³-hybridized carbons (Fsp3) is 0.429. The van der Waals surface area contributed by atoms with Crippen molar-refractivity contribution in [1.82, 2.24) is 14.9 Å². The Bertz CT molecular complexity index is 598. The van der Waals surface area contributed by atoms with Crippen LogP contribution in [0.25, 0.3) is 11.0 Å². The zero-order chi connectivity index (χ0) is 14.0. The predicted molar refractivity (Wildman–Crippen MR) is 77.2 cm³/mol. The molecule has 2 rings (SSSR count). The standard InChI is InChI=1S/C14H18ClN3O/c1-14(2,3)17-13(19)9-18-11-7-5-4-6-10(11)16-12(18)8-15/h4-7H,8-9H2,1-3H3,(H,17,19). The molecule has 0 spiro atoms. The van der Waals surface area contributed by atoms with Gasteiger partial charge >= 0.3 is 0 Å². The molecule has 0 atom stereocenters. The Morgan fingerprint density at radius 1 is 1.37 bits per heavy atom. The number of nitrogens with one attached hydrogen (secondary N) is 1. The zero-order valence-electron chi connectivity index (χ0n) is 11.4. The highest BCUT2D eigenvalue weighted by molar-refractivity contribution is 6.16. The van der Waals surface area contributed by atoms with E-state index in [4.69, 9.17) is 11.6 Å². The molecule has 102 valence electrons. The number of fused-ring (bicyclic) bond motifs is 1. The molecule has 0 radical (unpaired) electrons. The van der Waals surface area contributed by atoms with Gasteiger partial charge in [0.25, 0.3) is 0 Å². The number of alkyl halides is 1. The van der Waals surface area contributed by atoms with Gasteiger partial charge in [-0.15, -0.1) is 11.6 Å². The number of halogens is 1. The Morgan fingerprint density at radius 2 is 2.05 bits per heavy atom. The number of hydrogen-bond acceptors (Lipinski definition) is 2. The smallest absolute Gasteiger partial charge is 0.240 e. The highest BCUT2D eigenvalue weighted by atomic mass is 35.5. The molecule has 1 heterocycles. The maximum Gasteiger partial charge on any atom is 0.240 e. The van der Waals surface area contributed by atoms with Gasteiger partial charge in [0.2, 0.25) is 5.91 Å². The molecule has 0 aliphatic heterocycles. The van der Waals surface area contributed by atoms with Crippen LogP contribution >= 0.6 is 11.6 Å². The highest BCUT2D eigenvalue weighted by Crippen LogP contribution is 2.17. The van der Waals surface area contributed by atoms with E-state index < -0.39 is 0 Å². The third-order valence-corrected chi connectivity index (χ3v) is 2.91. The van der Waals surface area contributed by atoms with Crippen LogP contribution in [0.3, 0.4) is 0 Å². The summed E-state index contributed by atoms with van der Waals surface area (Å²) >= 11 is 5.91. The molecule has 4 nitrogen and oxygen atoms in total. The van der Waals surface area contributed by atoms with E-state index in [1.165, 1.54) is 0 Å². The van der Waals surface area contributed by atoms with Gasteiger partial charge in [0.15, 0.2) is 0 Å². The molecule has 5 heteroatoms. The number of imidazole rings is 1. The van der Waals surface area contributed by atoms with Crippen molar-refractivity contribution in [2.75, 3.05) is 0 Å². The minimum atomic E-state index is -0.241. The average molecular weight is 280 g/mol. The molecule has 1 aromatic heterocycles. The first-order valence-electron chi connectivity index (χ1n) is 6.22. The SMILES string of the molecule is CC(C)(C)NC(=O)Cn1c(CCl)nc2ccccc21. The number of benzene rings is 1. The van der Waals surface area contributed by atoms with E-state index in [-0.39, 0.29) is 23.9 Å². The van der Waals surface area contributed by atoms with E-state index in [9.17, 15) is 4.79 Å². The second kappa shape index (κ2) is 5.21. The molecule has 2 aromatic rings. The molecular weight excluding hydrogens is 262 g/mol. The number of nitrogens with zero attached hydrogens (tertiary/aromatic N) is 2. The summed E-state index contributed by atoms with van der Waals surface area (Å²) in [4.78, 5) is 16.5. The van der Waals surface area contributed by atoms with Crippen molar-refractivity contribution in [1.29, 1.82) is 0 Å². The molecule has 0 unspecified atom stereocenters. The Hall–Kier alpha value is -1.55. The molecule has 1 N–H and O–H groups in total. The van der Waals surface area contributed by atoms with Crippen LogP contribution in [-0.4, -0.2) is 21.0 Å². The van der Waals surface area contributed by atoms with E-state index in [0.29, 0.717) is 5.82 Å². The van der Waals surface area contributed by atoms with Gasteiger partial charge in [-0.05, 0) is 32.9 Å². The first-order chi connectivity index (χ1) is 8.90. The van der Waals surface area contributed by atoms with Gasteiger partial charge in [-0.3, -0.25) is 4.79 Å². The Balaban J connectivity index is 2.31. The fourth-order valence-corrected chi connectivity index (χ4v) is 2.21. The monoisotopic (exact) mass is 279 g/mol. The van der Waals surface area contributed by atoms with Crippen LogP contribution in [0.15, 0.2) is 24.3 Å². The maximum atomic E-state index is 12.0. The fourth-order valence-electron chi connectivity index (χ4n) is 2.01. The molecule has 0 aliphatic carbocycles. The van der Waals surface area contributed by atoms with E-state index >= 15 is 0 Å². The largest absolute Gasteiger partial charge is 0.350 e. The number of carbonyl (C=O) groups is 1. The van der Waals surface area contributed by atoms with Crippen molar-refractivity contribution < 1.29 is 4.79 Å². The Morgan fingerprint density at radius 3 is 2.68 bits per heavy atom. The first-order valence-corrected chi connectivity index (χ1v) is 6.75. The molecule has 0 aliphatic rings. The van der Waals surface area contributed by atoms with Crippen LogP contribution in [0.2, 0.25) is 0 Å². The molecule has 0 fully saturated rings. The van der Waals surface area contributed by atoms with Crippen molar-refractivity contribution in [2.45, 2.75) is 38.7 Å². The van der Waals surface area contributed by atoms with Gasteiger partial charge in [-0.2, -0.15) is 0 Å². The van der Waals surface area contributed by atoms with Crippen molar-refractivity contribution in [3.8, 4) is 0 Å².